The van der Waals surface area contributed by atoms with Crippen LogP contribution in [-0.2, 0) is 13.2 Å². The van der Waals surface area contributed by atoms with Crippen LogP contribution in [0.3, 0.4) is 0 Å². The number of rotatable bonds is 7. The van der Waals surface area contributed by atoms with Crippen molar-refractivity contribution in [3.63, 3.8) is 0 Å². The first-order chi connectivity index (χ1) is 12.6. The highest BCUT2D eigenvalue weighted by molar-refractivity contribution is 5.87. The van der Waals surface area contributed by atoms with Crippen LogP contribution in [0.1, 0.15) is 27.0 Å². The molecule has 0 fully saturated rings. The smallest absolute Gasteiger partial charge is 0.335 e. The molecular weight excluding hydrogens is 326 g/mol. The lowest BCUT2D eigenvalue weighted by Crippen LogP contribution is -2.04. The maximum Gasteiger partial charge on any atom is 0.335 e. The van der Waals surface area contributed by atoms with E-state index in [4.69, 9.17) is 9.84 Å². The Hall–Kier alpha value is -3.27. The van der Waals surface area contributed by atoms with Crippen molar-refractivity contribution in [2.45, 2.75) is 20.1 Å². The molecule has 3 rings (SSSR count). The minimum absolute atomic E-state index is 0.275. The minimum atomic E-state index is -0.926. The predicted molar refractivity (Wildman–Crippen MR) is 103 cm³/mol. The number of hydrogen-bond acceptors (Lipinski definition) is 3. The first-order valence-electron chi connectivity index (χ1n) is 8.45. The molecule has 0 atom stereocenters. The van der Waals surface area contributed by atoms with Gasteiger partial charge in [-0.1, -0.05) is 42.5 Å². The van der Waals surface area contributed by atoms with E-state index in [0.29, 0.717) is 13.2 Å². The van der Waals surface area contributed by atoms with Crippen molar-refractivity contribution < 1.29 is 14.6 Å². The van der Waals surface area contributed by atoms with E-state index in [1.807, 2.05) is 36.4 Å². The second-order valence-corrected chi connectivity index (χ2v) is 6.12. The largest absolute Gasteiger partial charge is 0.489 e. The van der Waals surface area contributed by atoms with Gasteiger partial charge in [0.05, 0.1) is 5.56 Å². The molecule has 0 spiro atoms. The maximum absolute atomic E-state index is 10.9. The van der Waals surface area contributed by atoms with Crippen LogP contribution in [0.15, 0.2) is 72.8 Å². The van der Waals surface area contributed by atoms with Gasteiger partial charge in [0.2, 0.25) is 0 Å². The SMILES string of the molecule is Cc1cccc(NCc2ccccc2OCc2ccc(C(=O)O)cc2)c1. The summed E-state index contributed by atoms with van der Waals surface area (Å²) in [7, 11) is 0. The van der Waals surface area contributed by atoms with Gasteiger partial charge in [0.15, 0.2) is 0 Å². The Bertz CT molecular complexity index is 888. The Morgan fingerprint density at radius 2 is 1.77 bits per heavy atom. The summed E-state index contributed by atoms with van der Waals surface area (Å²) in [6.07, 6.45) is 0. The number of carboxylic acids is 1. The number of ether oxygens (including phenoxy) is 1. The van der Waals surface area contributed by atoms with Crippen LogP contribution in [0.25, 0.3) is 0 Å². The molecule has 4 heteroatoms. The fourth-order valence-electron chi connectivity index (χ4n) is 2.65. The second-order valence-electron chi connectivity index (χ2n) is 6.12. The van der Waals surface area contributed by atoms with Gasteiger partial charge in [-0.05, 0) is 48.4 Å². The van der Waals surface area contributed by atoms with Gasteiger partial charge in [-0.2, -0.15) is 0 Å². The fraction of sp³-hybridized carbons (Fsp3) is 0.136. The maximum atomic E-state index is 10.9. The summed E-state index contributed by atoms with van der Waals surface area (Å²) in [5, 5.41) is 12.4. The quantitative estimate of drug-likeness (QED) is 0.639. The molecule has 0 saturated carbocycles. The van der Waals surface area contributed by atoms with Crippen LogP contribution < -0.4 is 10.1 Å². The van der Waals surface area contributed by atoms with E-state index < -0.39 is 5.97 Å². The van der Waals surface area contributed by atoms with E-state index in [1.165, 1.54) is 5.56 Å². The molecule has 0 radical (unpaired) electrons. The number of hydrogen-bond donors (Lipinski definition) is 2. The van der Waals surface area contributed by atoms with Crippen molar-refractivity contribution in [3.8, 4) is 5.75 Å². The number of para-hydroxylation sites is 1. The average Bonchev–Trinajstić information content (AvgIpc) is 2.66. The number of aromatic carboxylic acids is 1. The van der Waals surface area contributed by atoms with Crippen molar-refractivity contribution in [1.82, 2.24) is 0 Å². The molecule has 26 heavy (non-hydrogen) atoms. The molecule has 4 nitrogen and oxygen atoms in total. The zero-order valence-corrected chi connectivity index (χ0v) is 14.6. The number of benzene rings is 3. The second kappa shape index (κ2) is 8.21. The number of carboxylic acid groups (broad SMARTS) is 1. The van der Waals surface area contributed by atoms with E-state index >= 15 is 0 Å². The lowest BCUT2D eigenvalue weighted by molar-refractivity contribution is 0.0697. The Labute approximate surface area is 153 Å². The molecule has 0 unspecified atom stereocenters. The van der Waals surface area contributed by atoms with E-state index in [2.05, 4.69) is 24.4 Å². The highest BCUT2D eigenvalue weighted by atomic mass is 16.5. The Morgan fingerprint density at radius 3 is 2.50 bits per heavy atom. The van der Waals surface area contributed by atoms with Crippen LogP contribution in [0.2, 0.25) is 0 Å². The molecular formula is C22H21NO3. The topological polar surface area (TPSA) is 58.6 Å². The highest BCUT2D eigenvalue weighted by Gasteiger charge is 2.05. The molecule has 0 aliphatic heterocycles. The van der Waals surface area contributed by atoms with E-state index in [0.717, 1.165) is 22.6 Å². The van der Waals surface area contributed by atoms with Crippen molar-refractivity contribution >= 4 is 11.7 Å². The van der Waals surface area contributed by atoms with Crippen LogP contribution in [0.5, 0.6) is 5.75 Å². The molecule has 0 heterocycles. The van der Waals surface area contributed by atoms with Gasteiger partial charge in [0.1, 0.15) is 12.4 Å². The van der Waals surface area contributed by atoms with Gasteiger partial charge in [0.25, 0.3) is 0 Å². The van der Waals surface area contributed by atoms with Crippen molar-refractivity contribution in [2.75, 3.05) is 5.32 Å². The predicted octanol–water partition coefficient (Wildman–Crippen LogP) is 4.88. The van der Waals surface area contributed by atoms with Crippen LogP contribution in [-0.4, -0.2) is 11.1 Å². The van der Waals surface area contributed by atoms with Gasteiger partial charge in [0, 0.05) is 17.8 Å². The van der Waals surface area contributed by atoms with Gasteiger partial charge >= 0.3 is 5.97 Å². The van der Waals surface area contributed by atoms with Crippen LogP contribution in [0, 0.1) is 6.92 Å². The third-order valence-corrected chi connectivity index (χ3v) is 4.07. The summed E-state index contributed by atoms with van der Waals surface area (Å²) in [4.78, 5) is 10.9. The van der Waals surface area contributed by atoms with Gasteiger partial charge in [-0.25, -0.2) is 4.79 Å². The monoisotopic (exact) mass is 347 g/mol. The number of anilines is 1. The lowest BCUT2D eigenvalue weighted by Gasteiger charge is -2.13. The molecule has 3 aromatic rings. The summed E-state index contributed by atoms with van der Waals surface area (Å²) >= 11 is 0. The standard InChI is InChI=1S/C22H21NO3/c1-16-5-4-7-20(13-16)23-14-19-6-2-3-8-21(19)26-15-17-9-11-18(12-10-17)22(24)25/h2-13,23H,14-15H2,1H3,(H,24,25). The molecule has 132 valence electrons. The molecule has 0 aromatic heterocycles. The molecule has 2 N–H and O–H groups in total. The summed E-state index contributed by atoms with van der Waals surface area (Å²) < 4.78 is 5.95. The minimum Gasteiger partial charge on any atom is -0.489 e. The Balaban J connectivity index is 1.64. The molecule has 0 aliphatic carbocycles. The zero-order chi connectivity index (χ0) is 18.4. The van der Waals surface area contributed by atoms with Crippen molar-refractivity contribution in [2.24, 2.45) is 0 Å². The zero-order valence-electron chi connectivity index (χ0n) is 14.6. The first kappa shape index (κ1) is 17.5. The van der Waals surface area contributed by atoms with E-state index in [9.17, 15) is 4.79 Å². The molecule has 0 saturated heterocycles. The van der Waals surface area contributed by atoms with Crippen molar-refractivity contribution in [3.05, 3.63) is 95.1 Å². The summed E-state index contributed by atoms with van der Waals surface area (Å²) in [6, 6.07) is 22.9. The highest BCUT2D eigenvalue weighted by Crippen LogP contribution is 2.21. The molecule has 0 amide bonds. The van der Waals surface area contributed by atoms with Crippen LogP contribution >= 0.6 is 0 Å². The number of carbonyl (C=O) groups is 1. The van der Waals surface area contributed by atoms with Crippen LogP contribution in [0.4, 0.5) is 5.69 Å². The lowest BCUT2D eigenvalue weighted by atomic mass is 10.1. The summed E-state index contributed by atoms with van der Waals surface area (Å²) in [5.41, 5.74) is 4.55. The molecule has 0 bridgehead atoms. The van der Waals surface area contributed by atoms with Gasteiger partial charge in [-0.3, -0.25) is 0 Å². The normalized spacial score (nSPS) is 10.3. The molecule has 3 aromatic carbocycles. The van der Waals surface area contributed by atoms with Crippen molar-refractivity contribution in [1.29, 1.82) is 0 Å². The van der Waals surface area contributed by atoms with E-state index in [-0.39, 0.29) is 5.56 Å². The van der Waals surface area contributed by atoms with E-state index in [1.54, 1.807) is 24.3 Å². The third-order valence-electron chi connectivity index (χ3n) is 4.07. The Kier molecular flexibility index (Phi) is 5.54. The van der Waals surface area contributed by atoms with Gasteiger partial charge < -0.3 is 15.2 Å². The number of nitrogens with one attached hydrogen (secondary N) is 1. The fourth-order valence-corrected chi connectivity index (χ4v) is 2.65. The number of aryl methyl sites for hydroxylation is 1. The summed E-state index contributed by atoms with van der Waals surface area (Å²) in [6.45, 7) is 3.12. The average molecular weight is 347 g/mol. The third kappa shape index (κ3) is 4.63. The van der Waals surface area contributed by atoms with Gasteiger partial charge in [-0.15, -0.1) is 0 Å². The molecule has 0 aliphatic rings. The Morgan fingerprint density at radius 1 is 1.00 bits per heavy atom. The first-order valence-corrected chi connectivity index (χ1v) is 8.45. The summed E-state index contributed by atoms with van der Waals surface area (Å²) in [5.74, 6) is -0.111.